The van der Waals surface area contributed by atoms with E-state index in [9.17, 15) is 0 Å². The maximum atomic E-state index is 3.66. The van der Waals surface area contributed by atoms with Gasteiger partial charge >= 0.3 is 0 Å². The lowest BCUT2D eigenvalue weighted by molar-refractivity contribution is 0.359. The van der Waals surface area contributed by atoms with Crippen molar-refractivity contribution in [1.82, 2.24) is 5.32 Å². The van der Waals surface area contributed by atoms with E-state index in [2.05, 4.69) is 38.2 Å². The molecular formula is C17H29NS. The van der Waals surface area contributed by atoms with Crippen LogP contribution in [0.2, 0.25) is 0 Å². The van der Waals surface area contributed by atoms with Crippen LogP contribution in [0.15, 0.2) is 12.1 Å². The molecule has 0 radical (unpaired) electrons. The molecule has 1 heterocycles. The summed E-state index contributed by atoms with van der Waals surface area (Å²) in [6.07, 6.45) is 6.81. The Labute approximate surface area is 122 Å². The molecule has 1 saturated carbocycles. The van der Waals surface area contributed by atoms with Crippen LogP contribution in [-0.4, -0.2) is 13.1 Å². The topological polar surface area (TPSA) is 12.0 Å². The highest BCUT2D eigenvalue weighted by Gasteiger charge is 2.27. The number of aryl methyl sites for hydroxylation is 1. The number of thiophene rings is 1. The zero-order chi connectivity index (χ0) is 13.7. The van der Waals surface area contributed by atoms with Crippen molar-refractivity contribution in [3.05, 3.63) is 21.9 Å². The number of rotatable bonds is 7. The lowest BCUT2D eigenvalue weighted by Gasteiger charge is -2.20. The van der Waals surface area contributed by atoms with E-state index < -0.39 is 0 Å². The Bertz CT molecular complexity index is 369. The third-order valence-electron chi connectivity index (χ3n) is 4.30. The van der Waals surface area contributed by atoms with Crippen molar-refractivity contribution in [2.75, 3.05) is 13.1 Å². The molecular weight excluding hydrogens is 250 g/mol. The smallest absolute Gasteiger partial charge is 0.00510 e. The highest BCUT2D eigenvalue weighted by atomic mass is 32.1. The summed E-state index contributed by atoms with van der Waals surface area (Å²) in [5, 5.41) is 3.66. The average molecular weight is 279 g/mol. The summed E-state index contributed by atoms with van der Waals surface area (Å²) in [5.41, 5.74) is 0. The molecule has 108 valence electrons. The second kappa shape index (κ2) is 7.44. The van der Waals surface area contributed by atoms with E-state index in [0.717, 1.165) is 17.8 Å². The Hall–Kier alpha value is -0.340. The molecule has 2 unspecified atom stereocenters. The molecule has 0 saturated heterocycles. The molecule has 0 aromatic carbocycles. The fourth-order valence-corrected chi connectivity index (χ4v) is 4.24. The summed E-state index contributed by atoms with van der Waals surface area (Å²) in [7, 11) is 0. The predicted molar refractivity (Wildman–Crippen MR) is 85.9 cm³/mol. The molecule has 1 aliphatic rings. The first-order chi connectivity index (χ1) is 9.19. The number of nitrogens with one attached hydrogen (secondary N) is 1. The largest absolute Gasteiger partial charge is 0.316 e. The van der Waals surface area contributed by atoms with Crippen LogP contribution in [0.3, 0.4) is 0 Å². The van der Waals surface area contributed by atoms with E-state index in [1.807, 2.05) is 11.3 Å². The first-order valence-electron chi connectivity index (χ1n) is 7.97. The molecule has 2 heteroatoms. The van der Waals surface area contributed by atoms with Gasteiger partial charge in [-0.15, -0.1) is 11.3 Å². The minimum atomic E-state index is 0.768. The normalized spacial score (nSPS) is 23.4. The molecule has 0 amide bonds. The molecule has 1 aromatic rings. The second-order valence-corrected chi connectivity index (χ2v) is 7.68. The van der Waals surface area contributed by atoms with E-state index in [4.69, 9.17) is 0 Å². The second-order valence-electron chi connectivity index (χ2n) is 6.43. The van der Waals surface area contributed by atoms with Gasteiger partial charge in [-0.05, 0) is 68.7 Å². The van der Waals surface area contributed by atoms with Gasteiger partial charge < -0.3 is 5.32 Å². The molecule has 1 aliphatic carbocycles. The van der Waals surface area contributed by atoms with Crippen molar-refractivity contribution >= 4 is 11.3 Å². The monoisotopic (exact) mass is 279 g/mol. The van der Waals surface area contributed by atoms with E-state index >= 15 is 0 Å². The molecule has 2 atom stereocenters. The first-order valence-corrected chi connectivity index (χ1v) is 8.79. The van der Waals surface area contributed by atoms with Gasteiger partial charge in [0.1, 0.15) is 0 Å². The van der Waals surface area contributed by atoms with Crippen LogP contribution in [0, 0.1) is 17.8 Å². The van der Waals surface area contributed by atoms with Crippen LogP contribution in [-0.2, 0) is 12.8 Å². The summed E-state index contributed by atoms with van der Waals surface area (Å²) in [6.45, 7) is 9.23. The van der Waals surface area contributed by atoms with Gasteiger partial charge in [0.2, 0.25) is 0 Å². The third-order valence-corrected chi connectivity index (χ3v) is 5.56. The van der Waals surface area contributed by atoms with Crippen LogP contribution < -0.4 is 5.32 Å². The summed E-state index contributed by atoms with van der Waals surface area (Å²) >= 11 is 2.03. The van der Waals surface area contributed by atoms with Crippen molar-refractivity contribution in [1.29, 1.82) is 0 Å². The van der Waals surface area contributed by atoms with Crippen molar-refractivity contribution in [2.24, 2.45) is 17.8 Å². The van der Waals surface area contributed by atoms with Gasteiger partial charge in [0.05, 0.1) is 0 Å². The van der Waals surface area contributed by atoms with Gasteiger partial charge in [-0.3, -0.25) is 0 Å². The number of hydrogen-bond acceptors (Lipinski definition) is 2. The van der Waals surface area contributed by atoms with Gasteiger partial charge in [-0.25, -0.2) is 0 Å². The first kappa shape index (κ1) is 15.1. The van der Waals surface area contributed by atoms with E-state index in [-0.39, 0.29) is 0 Å². The Balaban J connectivity index is 1.81. The third kappa shape index (κ3) is 4.61. The highest BCUT2D eigenvalue weighted by molar-refractivity contribution is 7.11. The maximum absolute atomic E-state index is 3.66. The molecule has 1 nitrogen and oxygen atoms in total. The van der Waals surface area contributed by atoms with Crippen LogP contribution in [0.25, 0.3) is 0 Å². The standard InChI is InChI=1S/C17H29NS/c1-4-16-8-9-17(19-16)10-14-6-5-7-15(14)12-18-11-13(2)3/h8-9,13-15,18H,4-7,10-12H2,1-3H3. The molecule has 2 rings (SSSR count). The fraction of sp³-hybridized carbons (Fsp3) is 0.765. The van der Waals surface area contributed by atoms with Crippen molar-refractivity contribution in [3.63, 3.8) is 0 Å². The minimum absolute atomic E-state index is 0.768. The van der Waals surface area contributed by atoms with Gasteiger partial charge in [0.25, 0.3) is 0 Å². The summed E-state index contributed by atoms with van der Waals surface area (Å²) in [5.74, 6) is 2.60. The molecule has 0 spiro atoms. The summed E-state index contributed by atoms with van der Waals surface area (Å²) < 4.78 is 0. The minimum Gasteiger partial charge on any atom is -0.316 e. The molecule has 0 aliphatic heterocycles. The summed E-state index contributed by atoms with van der Waals surface area (Å²) in [6, 6.07) is 4.68. The Kier molecular flexibility index (Phi) is 5.90. The van der Waals surface area contributed by atoms with Gasteiger partial charge in [0.15, 0.2) is 0 Å². The summed E-state index contributed by atoms with van der Waals surface area (Å²) in [4.78, 5) is 3.15. The van der Waals surface area contributed by atoms with Gasteiger partial charge in [-0.2, -0.15) is 0 Å². The fourth-order valence-electron chi connectivity index (χ4n) is 3.19. The van der Waals surface area contributed by atoms with Crippen molar-refractivity contribution in [3.8, 4) is 0 Å². The van der Waals surface area contributed by atoms with Crippen molar-refractivity contribution in [2.45, 2.75) is 52.9 Å². The zero-order valence-electron chi connectivity index (χ0n) is 12.7. The Morgan fingerprint density at radius 3 is 2.63 bits per heavy atom. The molecule has 1 fully saturated rings. The predicted octanol–water partition coefficient (Wildman–Crippen LogP) is 4.51. The molecule has 19 heavy (non-hydrogen) atoms. The quantitative estimate of drug-likeness (QED) is 0.774. The molecule has 0 bridgehead atoms. The Morgan fingerprint density at radius 1 is 1.21 bits per heavy atom. The zero-order valence-corrected chi connectivity index (χ0v) is 13.6. The van der Waals surface area contributed by atoms with Gasteiger partial charge in [0, 0.05) is 9.75 Å². The van der Waals surface area contributed by atoms with Crippen LogP contribution >= 0.6 is 11.3 Å². The SMILES string of the molecule is CCc1ccc(CC2CCCC2CNCC(C)C)s1. The average Bonchev–Trinajstić information content (AvgIpc) is 2.99. The van der Waals surface area contributed by atoms with E-state index in [1.54, 1.807) is 9.75 Å². The van der Waals surface area contributed by atoms with E-state index in [0.29, 0.717) is 0 Å². The van der Waals surface area contributed by atoms with Crippen LogP contribution in [0.4, 0.5) is 0 Å². The Morgan fingerprint density at radius 2 is 1.95 bits per heavy atom. The van der Waals surface area contributed by atoms with E-state index in [1.165, 1.54) is 45.2 Å². The van der Waals surface area contributed by atoms with Gasteiger partial charge in [-0.1, -0.05) is 27.2 Å². The number of hydrogen-bond donors (Lipinski definition) is 1. The molecule has 1 aromatic heterocycles. The molecule has 1 N–H and O–H groups in total. The lowest BCUT2D eigenvalue weighted by Crippen LogP contribution is -2.28. The maximum Gasteiger partial charge on any atom is 0.00510 e. The lowest BCUT2D eigenvalue weighted by atomic mass is 9.92. The van der Waals surface area contributed by atoms with Crippen LogP contribution in [0.1, 0.15) is 49.8 Å². The van der Waals surface area contributed by atoms with Crippen molar-refractivity contribution < 1.29 is 0 Å². The van der Waals surface area contributed by atoms with Crippen LogP contribution in [0.5, 0.6) is 0 Å². The highest BCUT2D eigenvalue weighted by Crippen LogP contribution is 2.35.